The largest absolute Gasteiger partial charge is 0.352 e. The van der Waals surface area contributed by atoms with Crippen molar-refractivity contribution in [1.29, 1.82) is 0 Å². The minimum atomic E-state index is -0.0722. The summed E-state index contributed by atoms with van der Waals surface area (Å²) in [4.78, 5) is 26.2. The molecule has 0 atom stereocenters. The molecule has 1 fully saturated rings. The quantitative estimate of drug-likeness (QED) is 0.658. The van der Waals surface area contributed by atoms with Gasteiger partial charge in [0.15, 0.2) is 0 Å². The molecular formula is C18H28N4O2. The van der Waals surface area contributed by atoms with Crippen LogP contribution in [0.1, 0.15) is 30.6 Å². The van der Waals surface area contributed by atoms with Gasteiger partial charge in [-0.2, -0.15) is 0 Å². The lowest BCUT2D eigenvalue weighted by molar-refractivity contribution is -0.118. The highest BCUT2D eigenvalue weighted by Gasteiger charge is 2.10. The van der Waals surface area contributed by atoms with Crippen LogP contribution in [-0.2, 0) is 4.79 Å². The van der Waals surface area contributed by atoms with E-state index in [0.29, 0.717) is 17.8 Å². The maximum absolute atomic E-state index is 12.1. The topological polar surface area (TPSA) is 73.5 Å². The van der Waals surface area contributed by atoms with Crippen LogP contribution >= 0.6 is 0 Å². The molecule has 1 saturated heterocycles. The van der Waals surface area contributed by atoms with E-state index in [0.717, 1.165) is 39.1 Å². The van der Waals surface area contributed by atoms with Crippen molar-refractivity contribution in [3.8, 4) is 0 Å². The molecule has 0 radical (unpaired) electrons. The van der Waals surface area contributed by atoms with Crippen LogP contribution in [0.15, 0.2) is 24.3 Å². The number of rotatable bonds is 7. The van der Waals surface area contributed by atoms with E-state index in [2.05, 4.69) is 20.9 Å². The van der Waals surface area contributed by atoms with Crippen LogP contribution in [-0.4, -0.2) is 56.0 Å². The van der Waals surface area contributed by atoms with Gasteiger partial charge >= 0.3 is 0 Å². The number of piperazine rings is 1. The fourth-order valence-corrected chi connectivity index (χ4v) is 2.53. The Balaban J connectivity index is 1.71. The van der Waals surface area contributed by atoms with Crippen LogP contribution in [0.2, 0.25) is 0 Å². The van der Waals surface area contributed by atoms with Crippen molar-refractivity contribution < 1.29 is 9.59 Å². The highest BCUT2D eigenvalue weighted by atomic mass is 16.2. The number of hydrogen-bond donors (Lipinski definition) is 3. The van der Waals surface area contributed by atoms with E-state index in [1.165, 1.54) is 0 Å². The molecule has 1 aromatic carbocycles. The van der Waals surface area contributed by atoms with Crippen LogP contribution in [0.3, 0.4) is 0 Å². The highest BCUT2D eigenvalue weighted by molar-refractivity contribution is 5.96. The molecule has 1 aliphatic heterocycles. The van der Waals surface area contributed by atoms with Crippen molar-refractivity contribution in [2.24, 2.45) is 5.92 Å². The van der Waals surface area contributed by atoms with Crippen molar-refractivity contribution in [3.05, 3.63) is 29.8 Å². The number of nitrogens with one attached hydrogen (secondary N) is 3. The fraction of sp³-hybridized carbons (Fsp3) is 0.556. The van der Waals surface area contributed by atoms with Gasteiger partial charge in [0.05, 0.1) is 0 Å². The Kier molecular flexibility index (Phi) is 7.21. The van der Waals surface area contributed by atoms with Gasteiger partial charge in [-0.1, -0.05) is 13.8 Å². The number of hydrogen-bond acceptors (Lipinski definition) is 4. The van der Waals surface area contributed by atoms with E-state index >= 15 is 0 Å². The Morgan fingerprint density at radius 2 is 1.83 bits per heavy atom. The summed E-state index contributed by atoms with van der Waals surface area (Å²) in [6.07, 6.45) is 0.953. The maximum atomic E-state index is 12.1. The highest BCUT2D eigenvalue weighted by Crippen LogP contribution is 2.11. The normalized spacial score (nSPS) is 15.3. The summed E-state index contributed by atoms with van der Waals surface area (Å²) in [5.41, 5.74) is 1.32. The molecule has 6 heteroatoms. The Morgan fingerprint density at radius 1 is 1.17 bits per heavy atom. The Morgan fingerprint density at radius 3 is 2.46 bits per heavy atom. The first-order valence-corrected chi connectivity index (χ1v) is 8.68. The summed E-state index contributed by atoms with van der Waals surface area (Å²) in [5, 5.41) is 9.09. The summed E-state index contributed by atoms with van der Waals surface area (Å²) in [5.74, 6) is -0.166. The molecule has 2 rings (SSSR count). The molecule has 0 aliphatic carbocycles. The van der Waals surface area contributed by atoms with Crippen molar-refractivity contribution in [3.63, 3.8) is 0 Å². The standard InChI is InChI=1S/C18H28N4O2/c1-14(2)17(23)21-16-6-4-15(5-7-16)18(24)20-8-3-11-22-12-9-19-10-13-22/h4-7,14,19H,3,8-13H2,1-2H3,(H,20,24)(H,21,23). The van der Waals surface area contributed by atoms with E-state index in [1.807, 2.05) is 13.8 Å². The van der Waals surface area contributed by atoms with Gasteiger partial charge < -0.3 is 20.9 Å². The number of nitrogens with zero attached hydrogens (tertiary/aromatic N) is 1. The molecule has 0 unspecified atom stereocenters. The smallest absolute Gasteiger partial charge is 0.251 e. The predicted octanol–water partition coefficient (Wildman–Crippen LogP) is 1.31. The first-order valence-electron chi connectivity index (χ1n) is 8.68. The first-order chi connectivity index (χ1) is 11.6. The number of carbonyl (C=O) groups excluding carboxylic acids is 2. The molecule has 2 amide bonds. The lowest BCUT2D eigenvalue weighted by atomic mass is 10.1. The molecule has 0 spiro atoms. The van der Waals surface area contributed by atoms with E-state index in [1.54, 1.807) is 24.3 Å². The molecule has 1 aliphatic rings. The Labute approximate surface area is 144 Å². The van der Waals surface area contributed by atoms with Crippen LogP contribution in [0.4, 0.5) is 5.69 Å². The second-order valence-electron chi connectivity index (χ2n) is 6.42. The molecule has 132 valence electrons. The van der Waals surface area contributed by atoms with E-state index in [9.17, 15) is 9.59 Å². The number of amides is 2. The van der Waals surface area contributed by atoms with Crippen molar-refractivity contribution >= 4 is 17.5 Å². The molecule has 24 heavy (non-hydrogen) atoms. The third kappa shape index (κ3) is 5.94. The SMILES string of the molecule is CC(C)C(=O)Nc1ccc(C(=O)NCCCN2CCNCC2)cc1. The van der Waals surface area contributed by atoms with Gasteiger partial charge in [-0.3, -0.25) is 9.59 Å². The molecule has 1 aromatic rings. The van der Waals surface area contributed by atoms with E-state index in [-0.39, 0.29) is 17.7 Å². The van der Waals surface area contributed by atoms with Gasteiger partial charge in [0.25, 0.3) is 5.91 Å². The Hall–Kier alpha value is -1.92. The summed E-state index contributed by atoms with van der Waals surface area (Å²) >= 11 is 0. The summed E-state index contributed by atoms with van der Waals surface area (Å²) in [6.45, 7) is 9.64. The van der Waals surface area contributed by atoms with Crippen molar-refractivity contribution in [2.45, 2.75) is 20.3 Å². The number of anilines is 1. The van der Waals surface area contributed by atoms with Crippen molar-refractivity contribution in [2.75, 3.05) is 44.6 Å². The lowest BCUT2D eigenvalue weighted by Gasteiger charge is -2.27. The van der Waals surface area contributed by atoms with Gasteiger partial charge in [0, 0.05) is 49.9 Å². The zero-order chi connectivity index (χ0) is 17.4. The fourth-order valence-electron chi connectivity index (χ4n) is 2.53. The Bertz CT molecular complexity index is 536. The van der Waals surface area contributed by atoms with Gasteiger partial charge in [-0.05, 0) is 37.2 Å². The summed E-state index contributed by atoms with van der Waals surface area (Å²) in [7, 11) is 0. The third-order valence-electron chi connectivity index (χ3n) is 4.09. The minimum Gasteiger partial charge on any atom is -0.352 e. The van der Waals surface area contributed by atoms with Crippen LogP contribution in [0.25, 0.3) is 0 Å². The number of benzene rings is 1. The zero-order valence-electron chi connectivity index (χ0n) is 14.6. The van der Waals surface area contributed by atoms with E-state index < -0.39 is 0 Å². The predicted molar refractivity (Wildman–Crippen MR) is 96.2 cm³/mol. The third-order valence-corrected chi connectivity index (χ3v) is 4.09. The van der Waals surface area contributed by atoms with Gasteiger partial charge in [-0.25, -0.2) is 0 Å². The van der Waals surface area contributed by atoms with Gasteiger partial charge in [0.2, 0.25) is 5.91 Å². The zero-order valence-corrected chi connectivity index (χ0v) is 14.6. The average molecular weight is 332 g/mol. The monoisotopic (exact) mass is 332 g/mol. The first kappa shape index (κ1) is 18.4. The summed E-state index contributed by atoms with van der Waals surface area (Å²) in [6, 6.07) is 7.00. The molecule has 3 N–H and O–H groups in total. The van der Waals surface area contributed by atoms with Gasteiger partial charge in [0.1, 0.15) is 0 Å². The van der Waals surface area contributed by atoms with Crippen LogP contribution in [0, 0.1) is 5.92 Å². The average Bonchev–Trinajstić information content (AvgIpc) is 2.60. The molecule has 0 bridgehead atoms. The maximum Gasteiger partial charge on any atom is 0.251 e. The van der Waals surface area contributed by atoms with Crippen LogP contribution < -0.4 is 16.0 Å². The molecule has 0 saturated carbocycles. The molecule has 1 heterocycles. The molecular weight excluding hydrogens is 304 g/mol. The minimum absolute atomic E-state index is 0.0277. The number of carbonyl (C=O) groups is 2. The second kappa shape index (κ2) is 9.39. The van der Waals surface area contributed by atoms with Gasteiger partial charge in [-0.15, -0.1) is 0 Å². The van der Waals surface area contributed by atoms with E-state index in [4.69, 9.17) is 0 Å². The summed E-state index contributed by atoms with van der Waals surface area (Å²) < 4.78 is 0. The second-order valence-corrected chi connectivity index (χ2v) is 6.42. The molecule has 6 nitrogen and oxygen atoms in total. The lowest BCUT2D eigenvalue weighted by Crippen LogP contribution is -2.44. The van der Waals surface area contributed by atoms with Crippen LogP contribution in [0.5, 0.6) is 0 Å². The van der Waals surface area contributed by atoms with Crippen molar-refractivity contribution in [1.82, 2.24) is 15.5 Å². The molecule has 0 aromatic heterocycles.